The van der Waals surface area contributed by atoms with Gasteiger partial charge in [0.25, 0.3) is 5.91 Å². The van der Waals surface area contributed by atoms with Gasteiger partial charge in [0.1, 0.15) is 5.82 Å². The highest BCUT2D eigenvalue weighted by molar-refractivity contribution is 7.11. The summed E-state index contributed by atoms with van der Waals surface area (Å²) in [4.78, 5) is 17.9. The number of amides is 1. The largest absolute Gasteiger partial charge is 0.352 e. The van der Waals surface area contributed by atoms with Crippen LogP contribution in [0.5, 0.6) is 0 Å². The van der Waals surface area contributed by atoms with E-state index in [9.17, 15) is 9.18 Å². The molecule has 1 heterocycles. The minimum absolute atomic E-state index is 0.0935. The molecule has 5 heteroatoms. The van der Waals surface area contributed by atoms with E-state index in [4.69, 9.17) is 0 Å². The first-order valence-electron chi connectivity index (χ1n) is 7.24. The summed E-state index contributed by atoms with van der Waals surface area (Å²) in [5.74, 6) is -0.853. The highest BCUT2D eigenvalue weighted by Gasteiger charge is 2.15. The van der Waals surface area contributed by atoms with Crippen LogP contribution in [-0.4, -0.2) is 17.4 Å². The van der Waals surface area contributed by atoms with Gasteiger partial charge in [-0.05, 0) is 37.8 Å². The van der Waals surface area contributed by atoms with Crippen molar-refractivity contribution in [2.24, 2.45) is 0 Å². The second-order valence-electron chi connectivity index (χ2n) is 5.17. The Labute approximate surface area is 127 Å². The highest BCUT2D eigenvalue weighted by atomic mass is 32.1. The molecule has 0 saturated heterocycles. The van der Waals surface area contributed by atoms with Crippen molar-refractivity contribution in [2.45, 2.75) is 32.1 Å². The van der Waals surface area contributed by atoms with Crippen molar-refractivity contribution in [1.29, 1.82) is 0 Å². The summed E-state index contributed by atoms with van der Waals surface area (Å²) in [6.45, 7) is 0.486. The number of hydrogen-bond acceptors (Lipinski definition) is 3. The lowest BCUT2D eigenvalue weighted by atomic mass is 10.0. The first-order valence-corrected chi connectivity index (χ1v) is 8.06. The predicted molar refractivity (Wildman–Crippen MR) is 81.2 cm³/mol. The molecule has 1 aliphatic rings. The van der Waals surface area contributed by atoms with Crippen LogP contribution in [-0.2, 0) is 19.3 Å². The van der Waals surface area contributed by atoms with Gasteiger partial charge in [0, 0.05) is 17.8 Å². The van der Waals surface area contributed by atoms with Crippen molar-refractivity contribution in [3.05, 3.63) is 51.2 Å². The maximum atomic E-state index is 13.5. The number of carbonyl (C=O) groups is 1. The van der Waals surface area contributed by atoms with E-state index in [0.717, 1.165) is 17.8 Å². The molecule has 0 aliphatic heterocycles. The lowest BCUT2D eigenvalue weighted by Gasteiger charge is -2.06. The zero-order valence-corrected chi connectivity index (χ0v) is 12.5. The monoisotopic (exact) mass is 304 g/mol. The third-order valence-corrected chi connectivity index (χ3v) is 4.85. The lowest BCUT2D eigenvalue weighted by molar-refractivity contribution is 0.0950. The van der Waals surface area contributed by atoms with Crippen molar-refractivity contribution >= 4 is 17.2 Å². The van der Waals surface area contributed by atoms with Crippen LogP contribution >= 0.6 is 11.3 Å². The van der Waals surface area contributed by atoms with Gasteiger partial charge < -0.3 is 5.32 Å². The molecule has 21 heavy (non-hydrogen) atoms. The smallest absolute Gasteiger partial charge is 0.254 e. The maximum Gasteiger partial charge on any atom is 0.254 e. The van der Waals surface area contributed by atoms with E-state index < -0.39 is 5.82 Å². The summed E-state index contributed by atoms with van der Waals surface area (Å²) in [5.41, 5.74) is 1.33. The number of thiazole rings is 1. The first-order chi connectivity index (χ1) is 10.2. The quantitative estimate of drug-likeness (QED) is 0.943. The molecule has 2 aromatic rings. The molecule has 1 aromatic heterocycles. The molecule has 1 aliphatic carbocycles. The lowest BCUT2D eigenvalue weighted by Crippen LogP contribution is -2.26. The molecule has 0 radical (unpaired) electrons. The highest BCUT2D eigenvalue weighted by Crippen LogP contribution is 2.26. The fourth-order valence-electron chi connectivity index (χ4n) is 2.54. The minimum Gasteiger partial charge on any atom is -0.352 e. The number of hydrogen-bond donors (Lipinski definition) is 1. The zero-order chi connectivity index (χ0) is 14.7. The van der Waals surface area contributed by atoms with Crippen LogP contribution in [0.2, 0.25) is 0 Å². The molecule has 1 amide bonds. The average molecular weight is 304 g/mol. The van der Waals surface area contributed by atoms with Crippen LogP contribution in [0.15, 0.2) is 24.3 Å². The van der Waals surface area contributed by atoms with E-state index in [1.807, 2.05) is 0 Å². The number of rotatable bonds is 4. The van der Waals surface area contributed by atoms with Gasteiger partial charge in [0.05, 0.1) is 16.3 Å². The predicted octanol–water partition coefficient (Wildman–Crippen LogP) is 3.13. The van der Waals surface area contributed by atoms with E-state index in [-0.39, 0.29) is 11.5 Å². The molecule has 0 atom stereocenters. The topological polar surface area (TPSA) is 42.0 Å². The Balaban J connectivity index is 1.55. The number of fused-ring (bicyclic) bond motifs is 1. The Kier molecular flexibility index (Phi) is 4.29. The average Bonchev–Trinajstić information content (AvgIpc) is 2.90. The maximum absolute atomic E-state index is 13.5. The fourth-order valence-corrected chi connectivity index (χ4v) is 3.69. The zero-order valence-electron chi connectivity index (χ0n) is 11.7. The number of aromatic nitrogens is 1. The molecular formula is C16H17FN2OS. The van der Waals surface area contributed by atoms with Gasteiger partial charge in [-0.3, -0.25) is 4.79 Å². The summed E-state index contributed by atoms with van der Waals surface area (Å²) < 4.78 is 13.5. The summed E-state index contributed by atoms with van der Waals surface area (Å²) >= 11 is 1.75. The molecule has 0 saturated carbocycles. The Morgan fingerprint density at radius 3 is 2.90 bits per heavy atom. The minimum atomic E-state index is -0.486. The number of aryl methyl sites for hydroxylation is 2. The van der Waals surface area contributed by atoms with Gasteiger partial charge in [-0.2, -0.15) is 0 Å². The third kappa shape index (κ3) is 3.29. The Hall–Kier alpha value is -1.75. The van der Waals surface area contributed by atoms with Crippen molar-refractivity contribution in [1.82, 2.24) is 10.3 Å². The van der Waals surface area contributed by atoms with Crippen LogP contribution in [0.25, 0.3) is 0 Å². The van der Waals surface area contributed by atoms with E-state index in [0.29, 0.717) is 13.0 Å². The Morgan fingerprint density at radius 2 is 2.10 bits per heavy atom. The van der Waals surface area contributed by atoms with E-state index in [1.54, 1.807) is 23.5 Å². The second-order valence-corrected chi connectivity index (χ2v) is 6.34. The van der Waals surface area contributed by atoms with Gasteiger partial charge in [-0.1, -0.05) is 12.1 Å². The molecule has 0 bridgehead atoms. The van der Waals surface area contributed by atoms with Gasteiger partial charge in [0.2, 0.25) is 0 Å². The number of nitrogens with one attached hydrogen (secondary N) is 1. The van der Waals surface area contributed by atoms with Crippen LogP contribution in [0.4, 0.5) is 4.39 Å². The first kappa shape index (κ1) is 14.2. The molecule has 0 fully saturated rings. The van der Waals surface area contributed by atoms with E-state index >= 15 is 0 Å². The molecule has 3 rings (SSSR count). The standard InChI is InChI=1S/C16H17FN2OS/c17-12-6-2-1-5-11(12)16(20)18-10-9-15-19-13-7-3-4-8-14(13)21-15/h1-2,5-6H,3-4,7-10H2,(H,18,20). The molecule has 0 spiro atoms. The van der Waals surface area contributed by atoms with Crippen molar-refractivity contribution in [2.75, 3.05) is 6.54 Å². The summed E-state index contributed by atoms with van der Waals surface area (Å²) in [6.07, 6.45) is 5.39. The Bertz CT molecular complexity index is 630. The van der Waals surface area contributed by atoms with E-state index in [1.165, 1.54) is 35.5 Å². The summed E-state index contributed by atoms with van der Waals surface area (Å²) in [5, 5.41) is 3.82. The number of carbonyl (C=O) groups excluding carboxylic acids is 1. The SMILES string of the molecule is O=C(NCCc1nc2c(s1)CCCC2)c1ccccc1F. The van der Waals surface area contributed by atoms with Gasteiger partial charge >= 0.3 is 0 Å². The van der Waals surface area contributed by atoms with Gasteiger partial charge in [-0.15, -0.1) is 11.3 Å². The van der Waals surface area contributed by atoms with Crippen molar-refractivity contribution in [3.63, 3.8) is 0 Å². The van der Waals surface area contributed by atoms with E-state index in [2.05, 4.69) is 10.3 Å². The molecule has 1 N–H and O–H groups in total. The molecule has 110 valence electrons. The summed E-state index contributed by atoms with van der Waals surface area (Å²) in [6, 6.07) is 6.02. The van der Waals surface area contributed by atoms with Crippen LogP contribution in [0.1, 0.15) is 38.8 Å². The molecule has 3 nitrogen and oxygen atoms in total. The van der Waals surface area contributed by atoms with Gasteiger partial charge in [-0.25, -0.2) is 9.37 Å². The Morgan fingerprint density at radius 1 is 1.29 bits per heavy atom. The third-order valence-electron chi connectivity index (χ3n) is 3.63. The van der Waals surface area contributed by atoms with Crippen molar-refractivity contribution in [3.8, 4) is 0 Å². The number of benzene rings is 1. The number of nitrogens with zero attached hydrogens (tertiary/aromatic N) is 1. The fraction of sp³-hybridized carbons (Fsp3) is 0.375. The van der Waals surface area contributed by atoms with Gasteiger partial charge in [0.15, 0.2) is 0 Å². The number of halogens is 1. The molecular weight excluding hydrogens is 287 g/mol. The van der Waals surface area contributed by atoms with Crippen molar-refractivity contribution < 1.29 is 9.18 Å². The molecule has 0 unspecified atom stereocenters. The van der Waals surface area contributed by atoms with Crippen LogP contribution < -0.4 is 5.32 Å². The van der Waals surface area contributed by atoms with Crippen LogP contribution in [0.3, 0.4) is 0 Å². The molecule has 1 aromatic carbocycles. The summed E-state index contributed by atoms with van der Waals surface area (Å²) in [7, 11) is 0. The normalized spacial score (nSPS) is 13.8. The second kappa shape index (κ2) is 6.35. The van der Waals surface area contributed by atoms with Crippen LogP contribution in [0, 0.1) is 5.82 Å².